The van der Waals surface area contributed by atoms with Crippen molar-refractivity contribution in [3.05, 3.63) is 29.1 Å². The number of carbonyl (C=O) groups is 1. The number of nitrogens with one attached hydrogen (secondary N) is 2. The lowest BCUT2D eigenvalue weighted by Crippen LogP contribution is -2.25. The van der Waals surface area contributed by atoms with Crippen LogP contribution in [0.25, 0.3) is 11.3 Å². The molecule has 1 fully saturated rings. The van der Waals surface area contributed by atoms with E-state index in [1.54, 1.807) is 6.07 Å². The lowest BCUT2D eigenvalue weighted by molar-refractivity contribution is 0.0595. The lowest BCUT2D eigenvalue weighted by atomic mass is 9.76. The summed E-state index contributed by atoms with van der Waals surface area (Å²) in [6.07, 6.45) is 5.30. The molecular formula is C21H29N5O2. The van der Waals surface area contributed by atoms with E-state index in [9.17, 15) is 4.79 Å². The van der Waals surface area contributed by atoms with Crippen LogP contribution in [0.3, 0.4) is 0 Å². The molecule has 0 spiro atoms. The number of anilines is 1. The summed E-state index contributed by atoms with van der Waals surface area (Å²) in [5, 5.41) is 11.1. The molecule has 2 aromatic rings. The van der Waals surface area contributed by atoms with Crippen LogP contribution in [0.2, 0.25) is 0 Å². The maximum Gasteiger partial charge on any atom is 0.267 e. The molecule has 3 heterocycles. The number of hydrogen-bond donors (Lipinski definition) is 3. The first-order valence-corrected chi connectivity index (χ1v) is 10.1. The Morgan fingerprint density at radius 2 is 2.29 bits per heavy atom. The minimum atomic E-state index is -0.531. The molecule has 2 aliphatic rings. The van der Waals surface area contributed by atoms with Gasteiger partial charge in [0.1, 0.15) is 11.5 Å². The standard InChI is InChI=1S/C21H29N5O2/c1-21(2)6-5-15-17(10-21)25-26-19(15)14-8-16(20(22)27)24-18(9-14)23-11-13-4-3-7-28-12-13/h8-9,13H,3-7,10-12H2,1-2H3,(H2,22,27)(H,23,24)(H,25,26). The molecule has 28 heavy (non-hydrogen) atoms. The summed E-state index contributed by atoms with van der Waals surface area (Å²) in [6, 6.07) is 3.71. The van der Waals surface area contributed by atoms with Crippen LogP contribution in [-0.4, -0.2) is 40.8 Å². The zero-order valence-electron chi connectivity index (χ0n) is 16.7. The van der Waals surface area contributed by atoms with Crippen molar-refractivity contribution in [1.29, 1.82) is 0 Å². The number of H-pyrrole nitrogens is 1. The highest BCUT2D eigenvalue weighted by Gasteiger charge is 2.29. The van der Waals surface area contributed by atoms with Crippen molar-refractivity contribution in [3.63, 3.8) is 0 Å². The van der Waals surface area contributed by atoms with E-state index in [0.29, 0.717) is 11.7 Å². The summed E-state index contributed by atoms with van der Waals surface area (Å²) in [6.45, 7) is 6.94. The number of primary amides is 1. The number of aromatic amines is 1. The van der Waals surface area contributed by atoms with Gasteiger partial charge in [0.05, 0.1) is 12.3 Å². The minimum Gasteiger partial charge on any atom is -0.381 e. The predicted molar refractivity (Wildman–Crippen MR) is 108 cm³/mol. The second-order valence-corrected chi connectivity index (χ2v) is 8.82. The number of hydrogen-bond acceptors (Lipinski definition) is 5. The van der Waals surface area contributed by atoms with Crippen LogP contribution in [0, 0.1) is 11.3 Å². The zero-order chi connectivity index (χ0) is 19.7. The Bertz CT molecular complexity index is 868. The van der Waals surface area contributed by atoms with Crippen molar-refractivity contribution in [2.24, 2.45) is 17.1 Å². The van der Waals surface area contributed by atoms with E-state index in [-0.39, 0.29) is 11.1 Å². The summed E-state index contributed by atoms with van der Waals surface area (Å²) >= 11 is 0. The van der Waals surface area contributed by atoms with E-state index in [1.807, 2.05) is 6.07 Å². The normalized spacial score (nSPS) is 21.1. The van der Waals surface area contributed by atoms with E-state index in [0.717, 1.165) is 63.1 Å². The van der Waals surface area contributed by atoms with Gasteiger partial charge in [0.15, 0.2) is 0 Å². The van der Waals surface area contributed by atoms with Crippen molar-refractivity contribution in [2.45, 2.75) is 46.0 Å². The fourth-order valence-corrected chi connectivity index (χ4v) is 4.19. The molecule has 1 amide bonds. The first kappa shape index (κ1) is 18.9. The highest BCUT2D eigenvalue weighted by molar-refractivity contribution is 5.92. The number of ether oxygens (including phenoxy) is 1. The van der Waals surface area contributed by atoms with Gasteiger partial charge >= 0.3 is 0 Å². The van der Waals surface area contributed by atoms with Gasteiger partial charge < -0.3 is 15.8 Å². The Morgan fingerprint density at radius 3 is 3.04 bits per heavy atom. The molecule has 150 valence electrons. The van der Waals surface area contributed by atoms with E-state index in [2.05, 4.69) is 34.3 Å². The highest BCUT2D eigenvalue weighted by atomic mass is 16.5. The van der Waals surface area contributed by atoms with Gasteiger partial charge in [-0.05, 0) is 55.6 Å². The number of nitrogens with two attached hydrogens (primary N) is 1. The number of amides is 1. The molecule has 0 saturated carbocycles. The molecule has 2 aromatic heterocycles. The average Bonchev–Trinajstić information content (AvgIpc) is 3.08. The molecule has 1 aliphatic heterocycles. The third kappa shape index (κ3) is 4.04. The van der Waals surface area contributed by atoms with Crippen molar-refractivity contribution >= 4 is 11.7 Å². The number of rotatable bonds is 5. The zero-order valence-corrected chi connectivity index (χ0v) is 16.7. The first-order valence-electron chi connectivity index (χ1n) is 10.1. The highest BCUT2D eigenvalue weighted by Crippen LogP contribution is 2.38. The van der Waals surface area contributed by atoms with Crippen molar-refractivity contribution < 1.29 is 9.53 Å². The Kier molecular flexibility index (Phi) is 5.10. The third-order valence-electron chi connectivity index (χ3n) is 5.84. The van der Waals surface area contributed by atoms with Gasteiger partial charge in [0.2, 0.25) is 0 Å². The number of pyridine rings is 1. The summed E-state index contributed by atoms with van der Waals surface area (Å²) < 4.78 is 5.55. The van der Waals surface area contributed by atoms with Crippen LogP contribution in [0.5, 0.6) is 0 Å². The van der Waals surface area contributed by atoms with Gasteiger partial charge in [-0.2, -0.15) is 5.10 Å². The first-order chi connectivity index (χ1) is 13.4. The van der Waals surface area contributed by atoms with Crippen LogP contribution >= 0.6 is 0 Å². The van der Waals surface area contributed by atoms with E-state index < -0.39 is 5.91 Å². The van der Waals surface area contributed by atoms with E-state index >= 15 is 0 Å². The molecule has 4 rings (SSSR count). The van der Waals surface area contributed by atoms with Crippen LogP contribution in [0.15, 0.2) is 12.1 Å². The van der Waals surface area contributed by atoms with Gasteiger partial charge in [0.25, 0.3) is 5.91 Å². The summed E-state index contributed by atoms with van der Waals surface area (Å²) in [5.41, 5.74) is 10.3. The lowest BCUT2D eigenvalue weighted by Gasteiger charge is -2.29. The molecule has 0 aromatic carbocycles. The number of nitrogens with zero attached hydrogens (tertiary/aromatic N) is 2. The predicted octanol–water partition coefficient (Wildman–Crippen LogP) is 2.92. The summed E-state index contributed by atoms with van der Waals surface area (Å²) in [4.78, 5) is 16.2. The van der Waals surface area contributed by atoms with Gasteiger partial charge in [-0.3, -0.25) is 9.89 Å². The molecule has 1 atom stereocenters. The second-order valence-electron chi connectivity index (χ2n) is 8.82. The van der Waals surface area contributed by atoms with E-state index in [1.165, 1.54) is 11.3 Å². The van der Waals surface area contributed by atoms with Crippen molar-refractivity contribution in [3.8, 4) is 11.3 Å². The number of carbonyl (C=O) groups excluding carboxylic acids is 1. The Balaban J connectivity index is 1.61. The van der Waals surface area contributed by atoms with Crippen LogP contribution in [0.4, 0.5) is 5.82 Å². The summed E-state index contributed by atoms with van der Waals surface area (Å²) in [5.74, 6) is 0.581. The quantitative estimate of drug-likeness (QED) is 0.736. The average molecular weight is 383 g/mol. The fraction of sp³-hybridized carbons (Fsp3) is 0.571. The van der Waals surface area contributed by atoms with Gasteiger partial charge in [0, 0.05) is 30.0 Å². The van der Waals surface area contributed by atoms with Crippen LogP contribution in [-0.2, 0) is 17.6 Å². The fourth-order valence-electron chi connectivity index (χ4n) is 4.19. The molecule has 0 radical (unpaired) electrons. The van der Waals surface area contributed by atoms with Crippen LogP contribution in [0.1, 0.15) is 54.9 Å². The van der Waals surface area contributed by atoms with Gasteiger partial charge in [-0.1, -0.05) is 13.8 Å². The SMILES string of the molecule is CC1(C)CCc2c(-c3cc(NCC4CCCOC4)nc(C(N)=O)c3)n[nH]c2C1. The molecular weight excluding hydrogens is 354 g/mol. The Labute approximate surface area is 165 Å². The number of aromatic nitrogens is 3. The number of fused-ring (bicyclic) bond motifs is 1. The maximum atomic E-state index is 11.8. The Hall–Kier alpha value is -2.41. The molecule has 1 unspecified atom stereocenters. The topological polar surface area (TPSA) is 106 Å². The van der Waals surface area contributed by atoms with Gasteiger partial charge in [-0.15, -0.1) is 0 Å². The largest absolute Gasteiger partial charge is 0.381 e. The molecule has 7 nitrogen and oxygen atoms in total. The van der Waals surface area contributed by atoms with Gasteiger partial charge in [-0.25, -0.2) is 4.98 Å². The van der Waals surface area contributed by atoms with Crippen LogP contribution < -0.4 is 11.1 Å². The van der Waals surface area contributed by atoms with Crippen molar-refractivity contribution in [1.82, 2.24) is 15.2 Å². The minimum absolute atomic E-state index is 0.257. The molecule has 1 saturated heterocycles. The smallest absolute Gasteiger partial charge is 0.267 e. The monoisotopic (exact) mass is 383 g/mol. The van der Waals surface area contributed by atoms with E-state index in [4.69, 9.17) is 10.5 Å². The molecule has 1 aliphatic carbocycles. The second kappa shape index (κ2) is 7.54. The molecule has 0 bridgehead atoms. The molecule has 4 N–H and O–H groups in total. The molecule has 7 heteroatoms. The maximum absolute atomic E-state index is 11.8. The third-order valence-corrected chi connectivity index (χ3v) is 5.84. The Morgan fingerprint density at radius 1 is 1.43 bits per heavy atom. The summed E-state index contributed by atoms with van der Waals surface area (Å²) in [7, 11) is 0. The van der Waals surface area contributed by atoms with Crippen molar-refractivity contribution in [2.75, 3.05) is 25.1 Å².